The Kier molecular flexibility index (Phi) is 5.49. The van der Waals surface area contributed by atoms with Crippen LogP contribution >= 0.6 is 0 Å². The summed E-state index contributed by atoms with van der Waals surface area (Å²) in [5.74, 6) is 1.80. The molecule has 1 aliphatic rings. The highest BCUT2D eigenvalue weighted by atomic mass is 16.5. The lowest BCUT2D eigenvalue weighted by molar-refractivity contribution is 0.234. The van der Waals surface area contributed by atoms with E-state index in [4.69, 9.17) is 4.74 Å². The van der Waals surface area contributed by atoms with E-state index in [1.165, 1.54) is 16.8 Å². The predicted octanol–water partition coefficient (Wildman–Crippen LogP) is 2.14. The van der Waals surface area contributed by atoms with E-state index in [0.717, 1.165) is 36.8 Å². The molecule has 1 aromatic carbocycles. The Hall–Kier alpha value is -2.50. The largest absolute Gasteiger partial charge is 0.488 e. The molecule has 0 amide bonds. The van der Waals surface area contributed by atoms with Crippen LogP contribution in [0.4, 0.5) is 0 Å². The van der Waals surface area contributed by atoms with Crippen molar-refractivity contribution >= 4 is 5.96 Å². The summed E-state index contributed by atoms with van der Waals surface area (Å²) in [6, 6.07) is 8.48. The molecule has 2 N–H and O–H groups in total. The average Bonchev–Trinajstić information content (AvgIpc) is 3.14. The van der Waals surface area contributed by atoms with Gasteiger partial charge in [0.05, 0.1) is 12.2 Å². The number of nitrogens with zero attached hydrogens (tertiary/aromatic N) is 3. The molecule has 0 radical (unpaired) electrons. The number of aromatic nitrogens is 2. The van der Waals surface area contributed by atoms with E-state index < -0.39 is 0 Å². The van der Waals surface area contributed by atoms with E-state index in [0.29, 0.717) is 0 Å². The summed E-state index contributed by atoms with van der Waals surface area (Å²) in [5, 5.41) is 11.4. The molecular formula is C20H29N5O. The van der Waals surface area contributed by atoms with Crippen LogP contribution < -0.4 is 15.4 Å². The summed E-state index contributed by atoms with van der Waals surface area (Å²) in [6.07, 6.45) is 1.99. The maximum atomic E-state index is 5.98. The first-order chi connectivity index (χ1) is 12.5. The molecule has 1 aliphatic heterocycles. The van der Waals surface area contributed by atoms with Gasteiger partial charge < -0.3 is 15.4 Å². The third-order valence-electron chi connectivity index (χ3n) is 4.99. The summed E-state index contributed by atoms with van der Waals surface area (Å²) in [5.41, 5.74) is 4.89. The minimum Gasteiger partial charge on any atom is -0.488 e. The number of hydrogen-bond acceptors (Lipinski definition) is 3. The zero-order chi connectivity index (χ0) is 18.7. The molecule has 2 atom stereocenters. The topological polar surface area (TPSA) is 63.5 Å². The van der Waals surface area contributed by atoms with Crippen LogP contribution in [0.5, 0.6) is 5.75 Å². The summed E-state index contributed by atoms with van der Waals surface area (Å²) < 4.78 is 7.92. The number of hydrogen-bond donors (Lipinski definition) is 2. The number of aryl methyl sites for hydroxylation is 2. The second-order valence-electron chi connectivity index (χ2n) is 7.03. The number of rotatable bonds is 5. The van der Waals surface area contributed by atoms with E-state index in [-0.39, 0.29) is 12.1 Å². The Labute approximate surface area is 155 Å². The highest BCUT2D eigenvalue weighted by Crippen LogP contribution is 2.27. The second kappa shape index (κ2) is 7.81. The molecule has 2 aromatic rings. The van der Waals surface area contributed by atoms with E-state index in [1.54, 1.807) is 7.05 Å². The Morgan fingerprint density at radius 3 is 2.81 bits per heavy atom. The zero-order valence-electron chi connectivity index (χ0n) is 16.3. The lowest BCUT2D eigenvalue weighted by Gasteiger charge is -2.20. The van der Waals surface area contributed by atoms with Crippen molar-refractivity contribution in [3.05, 3.63) is 46.8 Å². The smallest absolute Gasteiger partial charge is 0.191 e. The van der Waals surface area contributed by atoms with Crippen LogP contribution in [0.1, 0.15) is 29.4 Å². The fourth-order valence-corrected chi connectivity index (χ4v) is 3.48. The first kappa shape index (κ1) is 18.3. The van der Waals surface area contributed by atoms with Gasteiger partial charge in [-0.15, -0.1) is 0 Å². The van der Waals surface area contributed by atoms with Gasteiger partial charge in [-0.3, -0.25) is 9.67 Å². The van der Waals surface area contributed by atoms with Crippen molar-refractivity contribution in [2.75, 3.05) is 13.6 Å². The molecule has 6 nitrogen and oxygen atoms in total. The monoisotopic (exact) mass is 355 g/mol. The number of fused-ring (bicyclic) bond motifs is 1. The molecule has 26 heavy (non-hydrogen) atoms. The fourth-order valence-electron chi connectivity index (χ4n) is 3.48. The summed E-state index contributed by atoms with van der Waals surface area (Å²) in [7, 11) is 3.79. The van der Waals surface area contributed by atoms with Crippen LogP contribution in [-0.2, 0) is 19.9 Å². The van der Waals surface area contributed by atoms with Crippen molar-refractivity contribution in [3.8, 4) is 5.75 Å². The minimum atomic E-state index is 0.143. The number of guanidine groups is 1. The van der Waals surface area contributed by atoms with Gasteiger partial charge >= 0.3 is 0 Å². The van der Waals surface area contributed by atoms with Crippen molar-refractivity contribution in [1.82, 2.24) is 20.4 Å². The Balaban J connectivity index is 1.50. The third kappa shape index (κ3) is 4.00. The zero-order valence-corrected chi connectivity index (χ0v) is 16.3. The van der Waals surface area contributed by atoms with Crippen molar-refractivity contribution in [2.45, 2.75) is 45.8 Å². The molecule has 2 heterocycles. The molecule has 0 spiro atoms. The summed E-state index contributed by atoms with van der Waals surface area (Å²) in [6.45, 7) is 7.08. The van der Waals surface area contributed by atoms with Crippen molar-refractivity contribution < 1.29 is 4.74 Å². The molecule has 2 unspecified atom stereocenters. The van der Waals surface area contributed by atoms with Gasteiger partial charge in [-0.2, -0.15) is 5.10 Å². The van der Waals surface area contributed by atoms with E-state index >= 15 is 0 Å². The quantitative estimate of drug-likeness (QED) is 0.637. The second-order valence-corrected chi connectivity index (χ2v) is 7.03. The molecule has 6 heteroatoms. The molecule has 1 aromatic heterocycles. The van der Waals surface area contributed by atoms with Crippen LogP contribution in [-0.4, -0.2) is 41.5 Å². The number of para-hydroxylation sites is 1. The first-order valence-electron chi connectivity index (χ1n) is 9.18. The van der Waals surface area contributed by atoms with Crippen LogP contribution in [0.15, 0.2) is 29.3 Å². The normalized spacial score (nSPS) is 17.6. The molecule has 0 aliphatic carbocycles. The fraction of sp³-hybridized carbons (Fsp3) is 0.500. The first-order valence-corrected chi connectivity index (χ1v) is 9.18. The highest BCUT2D eigenvalue weighted by molar-refractivity contribution is 5.80. The Morgan fingerprint density at radius 2 is 2.15 bits per heavy atom. The van der Waals surface area contributed by atoms with E-state index in [1.807, 2.05) is 23.9 Å². The molecule has 0 bridgehead atoms. The van der Waals surface area contributed by atoms with Gasteiger partial charge in [-0.05, 0) is 44.4 Å². The number of aliphatic imine (C=N–C) groups is 1. The standard InChI is InChI=1S/C20H29N5O/c1-13(10-18-14(2)24-25(5)15(18)3)23-20(21-4)22-12-17-11-16-8-6-7-9-19(16)26-17/h6-9,13,17H,10-12H2,1-5H3,(H2,21,22,23). The third-order valence-corrected chi connectivity index (χ3v) is 4.99. The molecule has 140 valence electrons. The van der Waals surface area contributed by atoms with Gasteiger partial charge in [0, 0.05) is 32.3 Å². The van der Waals surface area contributed by atoms with Crippen molar-refractivity contribution in [3.63, 3.8) is 0 Å². The number of benzene rings is 1. The average molecular weight is 355 g/mol. The molecule has 0 fully saturated rings. The molecular weight excluding hydrogens is 326 g/mol. The van der Waals surface area contributed by atoms with Crippen LogP contribution in [0, 0.1) is 13.8 Å². The maximum absolute atomic E-state index is 5.98. The molecule has 0 saturated heterocycles. The SMILES string of the molecule is CN=C(NCC1Cc2ccccc2O1)NC(C)Cc1c(C)nn(C)c1C. The Morgan fingerprint density at radius 1 is 1.38 bits per heavy atom. The van der Waals surface area contributed by atoms with Gasteiger partial charge in [0.15, 0.2) is 5.96 Å². The van der Waals surface area contributed by atoms with Gasteiger partial charge in [0.2, 0.25) is 0 Å². The van der Waals surface area contributed by atoms with Gasteiger partial charge in [0.25, 0.3) is 0 Å². The van der Waals surface area contributed by atoms with Gasteiger partial charge in [-0.25, -0.2) is 0 Å². The Bertz CT molecular complexity index is 770. The lowest BCUT2D eigenvalue weighted by Crippen LogP contribution is -2.46. The molecule has 0 saturated carbocycles. The van der Waals surface area contributed by atoms with Crippen molar-refractivity contribution in [2.24, 2.45) is 12.0 Å². The number of ether oxygens (including phenoxy) is 1. The molecule has 3 rings (SSSR count). The van der Waals surface area contributed by atoms with Gasteiger partial charge in [-0.1, -0.05) is 18.2 Å². The van der Waals surface area contributed by atoms with Gasteiger partial charge in [0.1, 0.15) is 11.9 Å². The van der Waals surface area contributed by atoms with E-state index in [2.05, 4.69) is 53.6 Å². The highest BCUT2D eigenvalue weighted by Gasteiger charge is 2.22. The van der Waals surface area contributed by atoms with Crippen LogP contribution in [0.25, 0.3) is 0 Å². The predicted molar refractivity (Wildman–Crippen MR) is 105 cm³/mol. The summed E-state index contributed by atoms with van der Waals surface area (Å²) >= 11 is 0. The van der Waals surface area contributed by atoms with E-state index in [9.17, 15) is 0 Å². The minimum absolute atomic E-state index is 0.143. The van der Waals surface area contributed by atoms with Crippen LogP contribution in [0.2, 0.25) is 0 Å². The van der Waals surface area contributed by atoms with Crippen molar-refractivity contribution in [1.29, 1.82) is 0 Å². The lowest BCUT2D eigenvalue weighted by atomic mass is 10.1. The number of nitrogens with one attached hydrogen (secondary N) is 2. The summed E-state index contributed by atoms with van der Waals surface area (Å²) in [4.78, 5) is 4.35. The maximum Gasteiger partial charge on any atom is 0.191 e. The van der Waals surface area contributed by atoms with Crippen LogP contribution in [0.3, 0.4) is 0 Å².